The Kier molecular flexibility index (Phi) is 4.74. The van der Waals surface area contributed by atoms with Gasteiger partial charge in [-0.05, 0) is 46.0 Å². The van der Waals surface area contributed by atoms with Crippen molar-refractivity contribution in [1.29, 1.82) is 0 Å². The summed E-state index contributed by atoms with van der Waals surface area (Å²) >= 11 is 3.09. The van der Waals surface area contributed by atoms with Gasteiger partial charge in [-0.15, -0.1) is 0 Å². The van der Waals surface area contributed by atoms with Crippen LogP contribution < -0.4 is 0 Å². The van der Waals surface area contributed by atoms with Crippen LogP contribution in [0.25, 0.3) is 0 Å². The largest absolute Gasteiger partial charge is 0.388 e. The van der Waals surface area contributed by atoms with Crippen molar-refractivity contribution in [2.75, 3.05) is 0 Å². The fourth-order valence-electron chi connectivity index (χ4n) is 1.64. The summed E-state index contributed by atoms with van der Waals surface area (Å²) in [4.78, 5) is 0. The van der Waals surface area contributed by atoms with Crippen LogP contribution >= 0.6 is 15.9 Å². The van der Waals surface area contributed by atoms with Crippen LogP contribution in [0.3, 0.4) is 0 Å². The van der Waals surface area contributed by atoms with Gasteiger partial charge in [-0.2, -0.15) is 0 Å². The van der Waals surface area contributed by atoms with Gasteiger partial charge in [-0.3, -0.25) is 0 Å². The molecule has 0 saturated carbocycles. The summed E-state index contributed by atoms with van der Waals surface area (Å²) in [5.41, 5.74) is 0.650. The highest BCUT2D eigenvalue weighted by atomic mass is 79.9. The van der Waals surface area contributed by atoms with Gasteiger partial charge in [0.15, 0.2) is 0 Å². The topological polar surface area (TPSA) is 20.2 Å². The summed E-state index contributed by atoms with van der Waals surface area (Å²) < 4.78 is 13.7. The molecule has 1 nitrogen and oxygen atoms in total. The van der Waals surface area contributed by atoms with E-state index in [1.165, 1.54) is 6.07 Å². The Hall–Kier alpha value is -0.410. The Bertz CT molecular complexity index is 327. The number of benzene rings is 1. The Balaban J connectivity index is 2.81. The average molecular weight is 275 g/mol. The van der Waals surface area contributed by atoms with E-state index in [1.54, 1.807) is 12.1 Å². The minimum Gasteiger partial charge on any atom is -0.388 e. The molecule has 2 atom stereocenters. The molecule has 1 aromatic carbocycles. The fourth-order valence-corrected chi connectivity index (χ4v) is 1.88. The highest BCUT2D eigenvalue weighted by molar-refractivity contribution is 9.10. The van der Waals surface area contributed by atoms with Gasteiger partial charge in [0.25, 0.3) is 0 Å². The number of rotatable bonds is 4. The second-order valence-electron chi connectivity index (χ2n) is 3.88. The highest BCUT2D eigenvalue weighted by Crippen LogP contribution is 2.27. The second-order valence-corrected chi connectivity index (χ2v) is 4.74. The maximum Gasteiger partial charge on any atom is 0.137 e. The molecule has 0 saturated heterocycles. The van der Waals surface area contributed by atoms with Crippen LogP contribution in [-0.2, 0) is 0 Å². The maximum absolute atomic E-state index is 13.2. The first-order valence-corrected chi connectivity index (χ1v) is 5.98. The molecule has 0 bridgehead atoms. The third kappa shape index (κ3) is 3.28. The summed E-state index contributed by atoms with van der Waals surface area (Å²) in [5.74, 6) is -0.161. The van der Waals surface area contributed by atoms with Gasteiger partial charge in [0, 0.05) is 0 Å². The Morgan fingerprint density at radius 2 is 2.13 bits per heavy atom. The van der Waals surface area contributed by atoms with Gasteiger partial charge in [-0.25, -0.2) is 4.39 Å². The van der Waals surface area contributed by atoms with E-state index >= 15 is 0 Å². The zero-order valence-electron chi connectivity index (χ0n) is 9.00. The molecule has 0 aliphatic heterocycles. The molecule has 3 heteroatoms. The van der Waals surface area contributed by atoms with Gasteiger partial charge in [0.2, 0.25) is 0 Å². The van der Waals surface area contributed by atoms with E-state index in [9.17, 15) is 9.50 Å². The van der Waals surface area contributed by atoms with Crippen molar-refractivity contribution in [1.82, 2.24) is 0 Å². The van der Waals surface area contributed by atoms with Crippen LogP contribution in [0.1, 0.15) is 38.4 Å². The van der Waals surface area contributed by atoms with E-state index in [0.717, 1.165) is 12.8 Å². The minimum atomic E-state index is -0.576. The van der Waals surface area contributed by atoms with Crippen LogP contribution in [0.5, 0.6) is 0 Å². The van der Waals surface area contributed by atoms with E-state index in [1.807, 2.05) is 6.92 Å². The molecule has 0 aromatic heterocycles. The third-order valence-electron chi connectivity index (χ3n) is 2.57. The van der Waals surface area contributed by atoms with Gasteiger partial charge >= 0.3 is 0 Å². The van der Waals surface area contributed by atoms with Gasteiger partial charge < -0.3 is 5.11 Å². The SMILES string of the molecule is CCCC(C)C(O)c1ccc(Br)c(F)c1. The molecule has 0 fully saturated rings. The number of hydrogen-bond acceptors (Lipinski definition) is 1. The molecule has 1 rings (SSSR count). The number of aliphatic hydroxyl groups is 1. The Morgan fingerprint density at radius 3 is 2.67 bits per heavy atom. The number of halogens is 2. The van der Waals surface area contributed by atoms with Crippen molar-refractivity contribution in [2.45, 2.75) is 32.8 Å². The van der Waals surface area contributed by atoms with E-state index in [2.05, 4.69) is 22.9 Å². The molecule has 1 N–H and O–H groups in total. The number of aliphatic hydroxyl groups excluding tert-OH is 1. The molecule has 0 amide bonds. The molecule has 0 heterocycles. The lowest BCUT2D eigenvalue weighted by molar-refractivity contribution is 0.112. The molecule has 0 aliphatic carbocycles. The predicted molar refractivity (Wildman–Crippen MR) is 63.1 cm³/mol. The van der Waals surface area contributed by atoms with Crippen LogP contribution in [0, 0.1) is 11.7 Å². The lowest BCUT2D eigenvalue weighted by atomic mass is 9.94. The summed E-state index contributed by atoms with van der Waals surface area (Å²) in [7, 11) is 0. The van der Waals surface area contributed by atoms with Crippen molar-refractivity contribution < 1.29 is 9.50 Å². The summed E-state index contributed by atoms with van der Waals surface area (Å²) in [6.45, 7) is 4.06. The van der Waals surface area contributed by atoms with Crippen molar-refractivity contribution in [3.8, 4) is 0 Å². The maximum atomic E-state index is 13.2. The summed E-state index contributed by atoms with van der Waals surface area (Å²) in [6, 6.07) is 4.78. The average Bonchev–Trinajstić information content (AvgIpc) is 2.21. The third-order valence-corrected chi connectivity index (χ3v) is 3.21. The lowest BCUT2D eigenvalue weighted by Gasteiger charge is -2.18. The van der Waals surface area contributed by atoms with E-state index in [0.29, 0.717) is 10.0 Å². The standard InChI is InChI=1S/C12H16BrFO/c1-3-4-8(2)12(15)9-5-6-10(13)11(14)7-9/h5-8,12,15H,3-4H2,1-2H3. The molecular formula is C12H16BrFO. The highest BCUT2D eigenvalue weighted by Gasteiger charge is 2.16. The Labute approximate surface area is 98.4 Å². The number of hydrogen-bond donors (Lipinski definition) is 1. The van der Waals surface area contributed by atoms with E-state index in [4.69, 9.17) is 0 Å². The van der Waals surface area contributed by atoms with Crippen LogP contribution in [0.4, 0.5) is 4.39 Å². The first kappa shape index (κ1) is 12.7. The Morgan fingerprint density at radius 1 is 1.47 bits per heavy atom. The lowest BCUT2D eigenvalue weighted by Crippen LogP contribution is -2.09. The van der Waals surface area contributed by atoms with E-state index < -0.39 is 6.10 Å². The summed E-state index contributed by atoms with van der Waals surface area (Å²) in [6.07, 6.45) is 1.39. The molecule has 84 valence electrons. The molecule has 0 aliphatic rings. The normalized spacial score (nSPS) is 15.0. The first-order valence-electron chi connectivity index (χ1n) is 5.19. The molecule has 0 radical (unpaired) electrons. The molecule has 2 unspecified atom stereocenters. The van der Waals surface area contributed by atoms with Gasteiger partial charge in [0.05, 0.1) is 10.6 Å². The monoisotopic (exact) mass is 274 g/mol. The van der Waals surface area contributed by atoms with Gasteiger partial charge in [-0.1, -0.05) is 26.3 Å². The molecule has 1 aromatic rings. The molecule has 0 spiro atoms. The van der Waals surface area contributed by atoms with Crippen molar-refractivity contribution in [3.63, 3.8) is 0 Å². The van der Waals surface area contributed by atoms with Gasteiger partial charge in [0.1, 0.15) is 5.82 Å². The fraction of sp³-hybridized carbons (Fsp3) is 0.500. The van der Waals surface area contributed by atoms with E-state index in [-0.39, 0.29) is 11.7 Å². The zero-order chi connectivity index (χ0) is 11.4. The van der Waals surface area contributed by atoms with Crippen LogP contribution in [0.2, 0.25) is 0 Å². The molecular weight excluding hydrogens is 259 g/mol. The van der Waals surface area contributed by atoms with Crippen molar-refractivity contribution in [2.24, 2.45) is 5.92 Å². The second kappa shape index (κ2) is 5.61. The minimum absolute atomic E-state index is 0.163. The first-order chi connectivity index (χ1) is 7.06. The smallest absolute Gasteiger partial charge is 0.137 e. The zero-order valence-corrected chi connectivity index (χ0v) is 10.6. The predicted octanol–water partition coefficient (Wildman–Crippen LogP) is 4.06. The molecule has 15 heavy (non-hydrogen) atoms. The van der Waals surface area contributed by atoms with Crippen LogP contribution in [0.15, 0.2) is 22.7 Å². The van der Waals surface area contributed by atoms with Crippen LogP contribution in [-0.4, -0.2) is 5.11 Å². The summed E-state index contributed by atoms with van der Waals surface area (Å²) in [5, 5.41) is 9.95. The van der Waals surface area contributed by atoms with Crippen molar-refractivity contribution >= 4 is 15.9 Å². The van der Waals surface area contributed by atoms with Crippen molar-refractivity contribution in [3.05, 3.63) is 34.1 Å². The quantitative estimate of drug-likeness (QED) is 0.878.